The van der Waals surface area contributed by atoms with Gasteiger partial charge in [0.2, 0.25) is 0 Å². The fourth-order valence-corrected chi connectivity index (χ4v) is 16.2. The Morgan fingerprint density at radius 1 is 0.320 bits per heavy atom. The van der Waals surface area contributed by atoms with Crippen LogP contribution in [0.2, 0.25) is 0 Å². The lowest BCUT2D eigenvalue weighted by Gasteiger charge is -2.49. The zero-order chi connectivity index (χ0) is 89.5. The first-order valence-corrected chi connectivity index (χ1v) is 44.6. The molecule has 43 nitrogen and oxygen atoms in total. The summed E-state index contributed by atoms with van der Waals surface area (Å²) >= 11 is 0. The number of aliphatic hydroxyl groups excluding tert-OH is 23. The molecular weight excluding hydrogens is 1660 g/mol. The van der Waals surface area contributed by atoms with Crippen molar-refractivity contribution in [3.63, 3.8) is 0 Å². The zero-order valence-electron chi connectivity index (χ0n) is 69.2. The summed E-state index contributed by atoms with van der Waals surface area (Å²) < 4.78 is 104. The standard InChI is InChI=1S/C78H139O43P/c1-3-5-7-9-11-13-15-16-17-18-19-21-22-24-26-28-30-47(81)106-34-40(112-48(82)31-29-27-25-23-20-14-12-10-8-6-4-2)35-111-122(104,105)121-72-70(119-77-68(102)56(90)50(84)42(33-80)114-77)62(96)61(95)63(97)71(72)120-78-69(103)60(94)54(88)46(118-78)39-110-76-67(101)59(93)53(87)45(117-76)38-109-75-66(100)58(92)52(86)44(116-75)37-108-74-65(99)57(91)51(85)43(115-74)36-107-73-64(98)55(89)49(83)41(32-79)113-73/h17-18,40-46,49-80,83-103H,3-16,19-39H2,1-2H3,(H,104,105)/b18-17-/t40-,41?,42?,43?,44?,45?,46?,49+,50-,51+,52+,53+,54+,55?,56?,57?,58?,59?,60?,61+,62?,63?,64+,65+,66+,67+,68-,69+,70-,71?,72+,73-,74-,75-,76-,77-,78+/m1/s1. The van der Waals surface area contributed by atoms with Crippen LogP contribution in [0.5, 0.6) is 0 Å². The Labute approximate surface area is 708 Å². The summed E-state index contributed by atoms with van der Waals surface area (Å²) in [5.41, 5.74) is 0. The highest BCUT2D eigenvalue weighted by Crippen LogP contribution is 2.49. The average molecular weight is 1800 g/mol. The summed E-state index contributed by atoms with van der Waals surface area (Å²) in [5, 5.41) is 250. The van der Waals surface area contributed by atoms with Gasteiger partial charge in [-0.15, -0.1) is 0 Å². The molecule has 6 saturated heterocycles. The molecule has 0 aromatic rings. The molecule has 7 fully saturated rings. The number of aliphatic hydroxyl groups is 23. The molecular formula is C78H139O43P. The van der Waals surface area contributed by atoms with Gasteiger partial charge in [-0.3, -0.25) is 18.6 Å². The quantitative estimate of drug-likeness (QED) is 0.0117. The predicted octanol–water partition coefficient (Wildman–Crippen LogP) is -5.16. The second-order valence-corrected chi connectivity index (χ2v) is 34.0. The third-order valence-corrected chi connectivity index (χ3v) is 23.9. The van der Waals surface area contributed by atoms with Gasteiger partial charge < -0.3 is 189 Å². The third kappa shape index (κ3) is 31.6. The Morgan fingerprint density at radius 3 is 0.926 bits per heavy atom. The first kappa shape index (κ1) is 106. The van der Waals surface area contributed by atoms with E-state index in [2.05, 4.69) is 26.0 Å². The Bertz CT molecular complexity index is 2960. The van der Waals surface area contributed by atoms with E-state index in [0.717, 1.165) is 83.5 Å². The van der Waals surface area contributed by atoms with Crippen molar-refractivity contribution in [1.29, 1.82) is 0 Å². The first-order chi connectivity index (χ1) is 58.2. The van der Waals surface area contributed by atoms with Crippen LogP contribution in [0.1, 0.15) is 187 Å². The van der Waals surface area contributed by atoms with Crippen LogP contribution in [0.25, 0.3) is 0 Å². The summed E-state index contributed by atoms with van der Waals surface area (Å²) in [6.07, 6.45) is -47.6. The van der Waals surface area contributed by atoms with Crippen molar-refractivity contribution in [2.45, 2.75) is 414 Å². The SMILES string of the molecule is CCCCCCCCC/C=C\CCCCCCCC(=O)OC[C@H](COP(=O)(O)O[C@@H]1C(O[C@@H]2OC(CO[C@@H]3OC(CO[C@@H]4OC(CO[C@@H]5OC(CO[C@@H]6OC(CO)[C@H](O)C(O)[C@@H]6O)[C@H](O)C(O)[C@@H]5O)[C@H](O)C(O)[C@@H]4O)[C@H](O)C(O)[C@@H]3O)[C@H](O)C(O)[C@@H]2O)C(O)[C@@H](O)C(O)[C@H]1O[C@H]1OC(CO)[C@@H](O)C(O)[C@H]1O)OC(=O)CCCCCCCCCCCCC. The highest BCUT2D eigenvalue weighted by Gasteiger charge is 2.60. The Kier molecular flexibility index (Phi) is 47.3. The smallest absolute Gasteiger partial charge is 0.462 e. The van der Waals surface area contributed by atoms with Gasteiger partial charge in [0.1, 0.15) is 190 Å². The Hall–Kier alpha value is -2.61. The van der Waals surface area contributed by atoms with Gasteiger partial charge in [0.25, 0.3) is 0 Å². The average Bonchev–Trinajstić information content (AvgIpc) is 0.758. The molecule has 24 N–H and O–H groups in total. The summed E-state index contributed by atoms with van der Waals surface area (Å²) in [6, 6.07) is 0. The van der Waals surface area contributed by atoms with Crippen LogP contribution >= 0.6 is 7.82 Å². The van der Waals surface area contributed by atoms with E-state index < -0.39 is 300 Å². The van der Waals surface area contributed by atoms with Crippen molar-refractivity contribution >= 4 is 19.8 Å². The second-order valence-electron chi connectivity index (χ2n) is 32.6. The summed E-state index contributed by atoms with van der Waals surface area (Å²) in [7, 11) is -5.88. The minimum absolute atomic E-state index is 0.0410. The van der Waals surface area contributed by atoms with E-state index in [1.165, 1.54) is 51.4 Å². The summed E-state index contributed by atoms with van der Waals surface area (Å²) in [6.45, 7) is -2.94. The number of phosphoric acid groups is 1. The van der Waals surface area contributed by atoms with Crippen molar-refractivity contribution in [2.24, 2.45) is 0 Å². The number of phosphoric ester groups is 1. The molecule has 1 saturated carbocycles. The number of hydrogen-bond donors (Lipinski definition) is 24. The predicted molar refractivity (Wildman–Crippen MR) is 412 cm³/mol. The lowest BCUT2D eigenvalue weighted by Crippen LogP contribution is -2.69. The minimum atomic E-state index is -5.88. The van der Waals surface area contributed by atoms with Crippen LogP contribution in [-0.4, -0.2) is 414 Å². The second kappa shape index (κ2) is 54.3. The van der Waals surface area contributed by atoms with E-state index in [4.69, 9.17) is 75.4 Å². The molecule has 0 aromatic heterocycles. The molecule has 0 radical (unpaired) electrons. The first-order valence-electron chi connectivity index (χ1n) is 43.1. The van der Waals surface area contributed by atoms with Crippen LogP contribution < -0.4 is 0 Å². The molecule has 0 bridgehead atoms. The van der Waals surface area contributed by atoms with Gasteiger partial charge in [-0.05, 0) is 38.5 Å². The molecule has 6 heterocycles. The Morgan fingerprint density at radius 2 is 0.590 bits per heavy atom. The molecule has 0 spiro atoms. The molecule has 7 rings (SSSR count). The van der Waals surface area contributed by atoms with Crippen LogP contribution in [0, 0.1) is 0 Å². The topological polar surface area (TPSA) is 684 Å². The van der Waals surface area contributed by atoms with Crippen molar-refractivity contribution in [3.8, 4) is 0 Å². The van der Waals surface area contributed by atoms with Crippen LogP contribution in [0.4, 0.5) is 0 Å². The highest BCUT2D eigenvalue weighted by atomic mass is 31.2. The van der Waals surface area contributed by atoms with E-state index in [-0.39, 0.29) is 12.8 Å². The lowest BCUT2D eigenvalue weighted by atomic mass is 9.84. The maximum atomic E-state index is 14.5. The van der Waals surface area contributed by atoms with Gasteiger partial charge in [0.05, 0.1) is 46.2 Å². The Balaban J connectivity index is 1.00. The number of hydrogen-bond acceptors (Lipinski definition) is 42. The van der Waals surface area contributed by atoms with Crippen molar-refractivity contribution in [2.75, 3.05) is 52.9 Å². The van der Waals surface area contributed by atoms with E-state index in [0.29, 0.717) is 25.7 Å². The number of rotatable bonds is 54. The number of ether oxygens (including phenoxy) is 14. The summed E-state index contributed by atoms with van der Waals surface area (Å²) in [4.78, 5) is 38.4. The normalized spacial score (nSPS) is 39.9. The molecule has 122 heavy (non-hydrogen) atoms. The fourth-order valence-electron chi connectivity index (χ4n) is 15.2. The van der Waals surface area contributed by atoms with E-state index >= 15 is 0 Å². The molecule has 0 aromatic carbocycles. The highest BCUT2D eigenvalue weighted by molar-refractivity contribution is 7.47. The van der Waals surface area contributed by atoms with Crippen molar-refractivity contribution in [1.82, 2.24) is 0 Å². The fraction of sp³-hybridized carbons (Fsp3) is 0.949. The van der Waals surface area contributed by atoms with Gasteiger partial charge in [-0.2, -0.15) is 0 Å². The van der Waals surface area contributed by atoms with Gasteiger partial charge in [0.15, 0.2) is 43.8 Å². The van der Waals surface area contributed by atoms with Crippen LogP contribution in [0.15, 0.2) is 12.2 Å². The molecule has 44 heteroatoms. The molecule has 1 aliphatic carbocycles. The monoisotopic (exact) mass is 1790 g/mol. The number of allylic oxidation sites excluding steroid dienone is 2. The number of esters is 2. The zero-order valence-corrected chi connectivity index (χ0v) is 70.1. The lowest BCUT2D eigenvalue weighted by molar-refractivity contribution is -0.365. The minimum Gasteiger partial charge on any atom is -0.462 e. The molecule has 6 aliphatic heterocycles. The number of carbonyl (C=O) groups is 2. The molecule has 16 unspecified atom stereocenters. The van der Waals surface area contributed by atoms with Crippen LogP contribution in [0.3, 0.4) is 0 Å². The molecule has 7 aliphatic rings. The maximum Gasteiger partial charge on any atom is 0.472 e. The maximum absolute atomic E-state index is 14.5. The largest absolute Gasteiger partial charge is 0.472 e. The number of carbonyl (C=O) groups excluding carboxylic acids is 2. The van der Waals surface area contributed by atoms with Gasteiger partial charge in [0, 0.05) is 12.8 Å². The van der Waals surface area contributed by atoms with Crippen LogP contribution in [-0.2, 0) is 89.5 Å². The van der Waals surface area contributed by atoms with Gasteiger partial charge >= 0.3 is 19.8 Å². The van der Waals surface area contributed by atoms with Crippen molar-refractivity contribution in [3.05, 3.63) is 12.2 Å². The van der Waals surface area contributed by atoms with Gasteiger partial charge in [-0.1, -0.05) is 148 Å². The van der Waals surface area contributed by atoms with E-state index in [1.807, 2.05) is 0 Å². The molecule has 714 valence electrons. The summed E-state index contributed by atoms with van der Waals surface area (Å²) in [5.74, 6) is -1.51. The molecule has 0 amide bonds. The van der Waals surface area contributed by atoms with E-state index in [1.54, 1.807) is 0 Å². The molecule has 38 atom stereocenters. The van der Waals surface area contributed by atoms with Crippen molar-refractivity contribution < 1.29 is 212 Å². The number of unbranched alkanes of at least 4 members (excludes halogenated alkanes) is 22. The third-order valence-electron chi connectivity index (χ3n) is 23.0. The van der Waals surface area contributed by atoms with Gasteiger partial charge in [-0.25, -0.2) is 4.57 Å². The van der Waals surface area contributed by atoms with E-state index in [9.17, 15) is 136 Å².